The molecule has 4 aromatic rings. The summed E-state index contributed by atoms with van der Waals surface area (Å²) in [7, 11) is 1.65. The molecule has 0 saturated carbocycles. The lowest BCUT2D eigenvalue weighted by molar-refractivity contribution is 0.0964. The largest absolute Gasteiger partial charge is 0.491 e. The number of hydrogen-bond acceptors (Lipinski definition) is 3. The smallest absolute Gasteiger partial charge is 0.253 e. The molecule has 0 saturated heterocycles. The van der Waals surface area contributed by atoms with E-state index in [1.807, 2.05) is 50.5 Å². The van der Waals surface area contributed by atoms with Gasteiger partial charge in [-0.05, 0) is 30.3 Å². The Kier molecular flexibility index (Phi) is 7.60. The molecule has 4 rings (SSSR count). The molecule has 0 bridgehead atoms. The molecule has 2 N–H and O–H groups in total. The number of aromatic nitrogens is 2. The van der Waals surface area contributed by atoms with E-state index in [0.717, 1.165) is 36.5 Å². The summed E-state index contributed by atoms with van der Waals surface area (Å²) >= 11 is 7.15. The first-order chi connectivity index (χ1) is 16.9. The van der Waals surface area contributed by atoms with Gasteiger partial charge in [-0.1, -0.05) is 65.6 Å². The van der Waals surface area contributed by atoms with Crippen molar-refractivity contribution in [3.63, 3.8) is 0 Å². The molecule has 0 aliphatic heterocycles. The lowest BCUT2D eigenvalue weighted by Crippen LogP contribution is -2.27. The number of nitrogens with one attached hydrogen (secondary N) is 1. The molecule has 2 aromatic heterocycles. The van der Waals surface area contributed by atoms with E-state index in [1.165, 1.54) is 0 Å². The third-order valence-electron chi connectivity index (χ3n) is 6.37. The summed E-state index contributed by atoms with van der Waals surface area (Å²) in [5.74, 6) is 0.727. The number of benzene rings is 2. The monoisotopic (exact) mass is 617 g/mol. The summed E-state index contributed by atoms with van der Waals surface area (Å²) in [5, 5.41) is 14.5. The molecule has 2 aromatic carbocycles. The Labute approximate surface area is 228 Å². The molecule has 2 heterocycles. The Morgan fingerprint density at radius 1 is 0.917 bits per heavy atom. The quantitative estimate of drug-likeness (QED) is 0.222. The van der Waals surface area contributed by atoms with Gasteiger partial charge in [-0.2, -0.15) is 0 Å². The first kappa shape index (κ1) is 26.8. The predicted octanol–water partition coefficient (Wildman–Crippen LogP) is 6.60. The number of carbonyl (C=O) groups excluding carboxylic acids is 1. The zero-order valence-corrected chi connectivity index (χ0v) is 24.5. The topological polar surface area (TPSA) is 68.4 Å². The molecule has 1 amide bonds. The minimum absolute atomic E-state index is 0.0973. The molecular weight excluding hydrogens is 586 g/mol. The number of carbonyl (C=O) groups is 1. The summed E-state index contributed by atoms with van der Waals surface area (Å²) in [4.78, 5) is 12.5. The van der Waals surface area contributed by atoms with Crippen LogP contribution in [0.1, 0.15) is 38.1 Å². The Balaban J connectivity index is 1.61. The highest BCUT2D eigenvalue weighted by atomic mass is 79.9. The van der Waals surface area contributed by atoms with Gasteiger partial charge in [0.25, 0.3) is 5.91 Å². The Bertz CT molecular complexity index is 1420. The van der Waals surface area contributed by atoms with Crippen LogP contribution in [0, 0.1) is 10.8 Å². The number of fused-ring (bicyclic) bond motifs is 2. The molecule has 0 aliphatic rings. The predicted molar refractivity (Wildman–Crippen MR) is 153 cm³/mol. The van der Waals surface area contributed by atoms with E-state index in [1.54, 1.807) is 7.05 Å². The van der Waals surface area contributed by atoms with Crippen LogP contribution in [0.3, 0.4) is 0 Å². The van der Waals surface area contributed by atoms with Crippen LogP contribution in [0.2, 0.25) is 0 Å². The SMILES string of the molecule is CNC(=O)c1cn(CC(C)(C)COc2cn(CC(C)(C)CO)c3cc(Br)ccc23)c2cc(Br)ccc12. The molecule has 0 fully saturated rings. The first-order valence-electron chi connectivity index (χ1n) is 12.0. The highest BCUT2D eigenvalue weighted by Crippen LogP contribution is 2.34. The molecule has 0 aliphatic carbocycles. The van der Waals surface area contributed by atoms with Crippen LogP contribution >= 0.6 is 31.9 Å². The summed E-state index contributed by atoms with van der Waals surface area (Å²) in [6, 6.07) is 12.2. The normalized spacial score (nSPS) is 12.4. The second-order valence-electron chi connectivity index (χ2n) is 11.0. The van der Waals surface area contributed by atoms with Gasteiger partial charge in [0.05, 0.1) is 17.7 Å². The van der Waals surface area contributed by atoms with Crippen LogP contribution in [0.5, 0.6) is 5.75 Å². The first-order valence-corrected chi connectivity index (χ1v) is 13.5. The van der Waals surface area contributed by atoms with E-state index in [9.17, 15) is 9.90 Å². The molecular formula is C28H33Br2N3O3. The van der Waals surface area contributed by atoms with E-state index in [2.05, 4.69) is 72.3 Å². The molecule has 0 atom stereocenters. The molecule has 0 radical (unpaired) electrons. The average molecular weight is 619 g/mol. The zero-order chi connectivity index (χ0) is 26.3. The minimum Gasteiger partial charge on any atom is -0.491 e. The number of ether oxygens (including phenoxy) is 1. The van der Waals surface area contributed by atoms with Gasteiger partial charge in [-0.3, -0.25) is 4.79 Å². The molecule has 0 unspecified atom stereocenters. The van der Waals surface area contributed by atoms with Crippen LogP contribution in [0.15, 0.2) is 57.7 Å². The van der Waals surface area contributed by atoms with Gasteiger partial charge in [0, 0.05) is 75.2 Å². The minimum atomic E-state index is -0.253. The number of halogens is 2. The maximum absolute atomic E-state index is 12.5. The second-order valence-corrected chi connectivity index (χ2v) is 12.8. The van der Waals surface area contributed by atoms with Crippen LogP contribution in [0.25, 0.3) is 21.8 Å². The van der Waals surface area contributed by atoms with Gasteiger partial charge < -0.3 is 24.3 Å². The van der Waals surface area contributed by atoms with Crippen molar-refractivity contribution in [3.8, 4) is 5.75 Å². The molecule has 8 heteroatoms. The van der Waals surface area contributed by atoms with Gasteiger partial charge in [-0.15, -0.1) is 0 Å². The lowest BCUT2D eigenvalue weighted by Gasteiger charge is -2.26. The van der Waals surface area contributed by atoms with Gasteiger partial charge in [0.1, 0.15) is 5.75 Å². The zero-order valence-electron chi connectivity index (χ0n) is 21.4. The summed E-state index contributed by atoms with van der Waals surface area (Å²) in [6.07, 6.45) is 3.97. The molecule has 192 valence electrons. The Morgan fingerprint density at radius 3 is 2.08 bits per heavy atom. The molecule has 0 spiro atoms. The van der Waals surface area contributed by atoms with Crippen LogP contribution in [-0.4, -0.2) is 40.4 Å². The third kappa shape index (κ3) is 5.66. The van der Waals surface area contributed by atoms with Crippen LogP contribution in [0.4, 0.5) is 0 Å². The summed E-state index contributed by atoms with van der Waals surface area (Å²) in [6.45, 7) is 10.4. The van der Waals surface area contributed by atoms with Crippen molar-refractivity contribution < 1.29 is 14.6 Å². The fraction of sp³-hybridized carbons (Fsp3) is 0.393. The van der Waals surface area contributed by atoms with Crippen LogP contribution in [-0.2, 0) is 13.1 Å². The van der Waals surface area contributed by atoms with E-state index in [0.29, 0.717) is 25.3 Å². The van der Waals surface area contributed by atoms with E-state index in [4.69, 9.17) is 4.74 Å². The average Bonchev–Trinajstić information content (AvgIpc) is 3.34. The maximum Gasteiger partial charge on any atom is 0.253 e. The summed E-state index contributed by atoms with van der Waals surface area (Å²) in [5.41, 5.74) is 2.26. The fourth-order valence-electron chi connectivity index (χ4n) is 4.48. The fourth-order valence-corrected chi connectivity index (χ4v) is 5.18. The number of aliphatic hydroxyl groups excluding tert-OH is 1. The number of nitrogens with zero attached hydrogens (tertiary/aromatic N) is 2. The Morgan fingerprint density at radius 2 is 1.47 bits per heavy atom. The molecule has 6 nitrogen and oxygen atoms in total. The van der Waals surface area contributed by atoms with Gasteiger partial charge >= 0.3 is 0 Å². The second kappa shape index (κ2) is 10.2. The van der Waals surface area contributed by atoms with Gasteiger partial charge in [-0.25, -0.2) is 0 Å². The van der Waals surface area contributed by atoms with Crippen molar-refractivity contribution in [3.05, 3.63) is 63.3 Å². The standard InChI is InChI=1S/C28H33Br2N3O3/c1-27(2,16-34)14-33-13-25(21-9-7-19(30)11-24(21)33)36-17-28(3,4)15-32-12-22(26(35)31-5)20-8-6-18(29)10-23(20)32/h6-13,34H,14-17H2,1-5H3,(H,31,35). The number of hydrogen-bond donors (Lipinski definition) is 2. The molecule has 36 heavy (non-hydrogen) atoms. The number of rotatable bonds is 9. The van der Waals surface area contributed by atoms with Gasteiger partial charge in [0.2, 0.25) is 0 Å². The van der Waals surface area contributed by atoms with Crippen molar-refractivity contribution in [2.24, 2.45) is 10.8 Å². The third-order valence-corrected chi connectivity index (χ3v) is 7.35. The van der Waals surface area contributed by atoms with Gasteiger partial charge in [0.15, 0.2) is 0 Å². The maximum atomic E-state index is 12.5. The lowest BCUT2D eigenvalue weighted by atomic mass is 9.94. The van der Waals surface area contributed by atoms with Crippen molar-refractivity contribution in [1.82, 2.24) is 14.5 Å². The summed E-state index contributed by atoms with van der Waals surface area (Å²) < 4.78 is 12.7. The van der Waals surface area contributed by atoms with Crippen molar-refractivity contribution in [2.75, 3.05) is 20.3 Å². The van der Waals surface area contributed by atoms with E-state index >= 15 is 0 Å². The highest BCUT2D eigenvalue weighted by molar-refractivity contribution is 9.10. The van der Waals surface area contributed by atoms with E-state index in [-0.39, 0.29) is 23.3 Å². The number of aliphatic hydroxyl groups is 1. The highest BCUT2D eigenvalue weighted by Gasteiger charge is 2.25. The van der Waals surface area contributed by atoms with Crippen molar-refractivity contribution >= 4 is 59.6 Å². The van der Waals surface area contributed by atoms with Crippen molar-refractivity contribution in [1.29, 1.82) is 0 Å². The Hall–Kier alpha value is -2.29. The van der Waals surface area contributed by atoms with Crippen LogP contribution < -0.4 is 10.1 Å². The number of amides is 1. The van der Waals surface area contributed by atoms with E-state index < -0.39 is 0 Å². The van der Waals surface area contributed by atoms with Crippen molar-refractivity contribution in [2.45, 2.75) is 40.8 Å².